The molecular formula is C38H44N6O3. The minimum absolute atomic E-state index is 0.0577. The number of aromatic nitrogens is 2. The number of rotatable bonds is 9. The topological polar surface area (TPSA) is 110 Å². The number of aryl methyl sites for hydroxylation is 1. The van der Waals surface area contributed by atoms with E-state index in [4.69, 9.17) is 0 Å². The molecule has 0 bridgehead atoms. The number of carbonyl (C=O) groups excluding carboxylic acids is 3. The lowest BCUT2D eigenvalue weighted by Crippen LogP contribution is -2.58. The molecule has 0 spiro atoms. The third kappa shape index (κ3) is 6.48. The van der Waals surface area contributed by atoms with Crippen LogP contribution in [-0.4, -0.2) is 70.9 Å². The van der Waals surface area contributed by atoms with Gasteiger partial charge in [0.25, 0.3) is 5.91 Å². The molecule has 3 fully saturated rings. The number of hydrogen-bond acceptors (Lipinski definition) is 5. The summed E-state index contributed by atoms with van der Waals surface area (Å²) < 4.78 is 0. The van der Waals surface area contributed by atoms with E-state index in [9.17, 15) is 14.4 Å². The van der Waals surface area contributed by atoms with Gasteiger partial charge in [0.1, 0.15) is 11.9 Å². The molecule has 1 saturated heterocycles. The van der Waals surface area contributed by atoms with Crippen LogP contribution in [0.15, 0.2) is 73.1 Å². The van der Waals surface area contributed by atoms with Crippen LogP contribution in [0.2, 0.25) is 0 Å². The largest absolute Gasteiger partial charge is 0.361 e. The van der Waals surface area contributed by atoms with E-state index < -0.39 is 11.5 Å². The summed E-state index contributed by atoms with van der Waals surface area (Å²) in [4.78, 5) is 53.7. The van der Waals surface area contributed by atoms with Crippen molar-refractivity contribution in [1.29, 1.82) is 0 Å². The average Bonchev–Trinajstić information content (AvgIpc) is 3.85. The van der Waals surface area contributed by atoms with E-state index in [1.807, 2.05) is 35.4 Å². The third-order valence-corrected chi connectivity index (χ3v) is 10.3. The minimum atomic E-state index is -0.716. The van der Waals surface area contributed by atoms with Crippen LogP contribution in [0.1, 0.15) is 72.0 Å². The Hall–Kier alpha value is -4.66. The monoisotopic (exact) mass is 632 g/mol. The number of hydrogen-bond donors (Lipinski definition) is 3. The van der Waals surface area contributed by atoms with Gasteiger partial charge in [-0.05, 0) is 61.9 Å². The fourth-order valence-electron chi connectivity index (χ4n) is 7.37. The van der Waals surface area contributed by atoms with Crippen LogP contribution >= 0.6 is 0 Å². The smallest absolute Gasteiger partial charge is 0.255 e. The lowest BCUT2D eigenvalue weighted by atomic mass is 9.68. The van der Waals surface area contributed by atoms with Crippen LogP contribution in [-0.2, 0) is 21.4 Å². The maximum atomic E-state index is 14.5. The summed E-state index contributed by atoms with van der Waals surface area (Å²) in [5, 5.41) is 7.44. The molecule has 4 aromatic rings. The fourth-order valence-corrected chi connectivity index (χ4v) is 7.37. The first-order chi connectivity index (χ1) is 22.9. The predicted molar refractivity (Wildman–Crippen MR) is 183 cm³/mol. The maximum absolute atomic E-state index is 14.5. The van der Waals surface area contributed by atoms with E-state index in [1.165, 1.54) is 0 Å². The molecule has 3 heterocycles. The van der Waals surface area contributed by atoms with Gasteiger partial charge in [-0.2, -0.15) is 0 Å². The summed E-state index contributed by atoms with van der Waals surface area (Å²) in [5.41, 5.74) is 4.12. The molecule has 47 heavy (non-hydrogen) atoms. The summed E-state index contributed by atoms with van der Waals surface area (Å²) in [6.45, 7) is 4.11. The molecule has 2 saturated carbocycles. The highest BCUT2D eigenvalue weighted by Gasteiger charge is 2.43. The molecule has 9 nitrogen and oxygen atoms in total. The Bertz CT molecular complexity index is 1750. The summed E-state index contributed by atoms with van der Waals surface area (Å²) in [6.07, 6.45) is 10.7. The summed E-state index contributed by atoms with van der Waals surface area (Å²) in [6, 6.07) is 19.6. The van der Waals surface area contributed by atoms with Crippen molar-refractivity contribution in [2.24, 2.45) is 0 Å². The van der Waals surface area contributed by atoms with Gasteiger partial charge in [0.15, 0.2) is 0 Å². The first-order valence-electron chi connectivity index (χ1n) is 17.1. The number of para-hydroxylation sites is 1. The van der Waals surface area contributed by atoms with Gasteiger partial charge in [0.2, 0.25) is 11.8 Å². The summed E-state index contributed by atoms with van der Waals surface area (Å²) >= 11 is 0. The summed E-state index contributed by atoms with van der Waals surface area (Å²) in [5.74, 6) is 0.420. The van der Waals surface area contributed by atoms with Crippen molar-refractivity contribution in [2.75, 3.05) is 31.1 Å². The second kappa shape index (κ2) is 13.2. The molecule has 2 aliphatic carbocycles. The molecule has 1 aliphatic heterocycles. The number of carbonyl (C=O) groups is 3. The molecule has 0 radical (unpaired) electrons. The zero-order chi connectivity index (χ0) is 32.4. The Labute approximate surface area is 276 Å². The third-order valence-electron chi connectivity index (χ3n) is 10.3. The lowest BCUT2D eigenvalue weighted by molar-refractivity contribution is -0.138. The first kappa shape index (κ1) is 31.0. The maximum Gasteiger partial charge on any atom is 0.255 e. The highest BCUT2D eigenvalue weighted by molar-refractivity contribution is 5.99. The fraction of sp³-hybridized carbons (Fsp3) is 0.421. The molecule has 1 unspecified atom stereocenters. The molecule has 7 rings (SSSR count). The minimum Gasteiger partial charge on any atom is -0.361 e. The van der Waals surface area contributed by atoms with Crippen molar-refractivity contribution in [3.8, 4) is 0 Å². The second-order valence-corrected chi connectivity index (χ2v) is 13.5. The molecule has 3 N–H and O–H groups in total. The Kier molecular flexibility index (Phi) is 8.71. The number of benzene rings is 2. The quantitative estimate of drug-likeness (QED) is 0.240. The molecule has 2 aromatic heterocycles. The number of amides is 3. The standard InChI is InChI=1S/C38H44N6O3/c1-26-11-13-28(14-12-26)38(17-5-2-6-18-38)37(47)42-33(24-27-25-40-32-10-4-3-8-30(27)32)36(46)44-22-20-43(21-23-44)34-31(9-7-19-39-34)35(45)41-29-15-16-29/h3-4,7-14,19,25,29,33,40H,2,5-6,15-18,20-24H2,1H3,(H,41,45)(H,42,47). The van der Waals surface area contributed by atoms with Gasteiger partial charge in [-0.3, -0.25) is 14.4 Å². The number of nitrogens with one attached hydrogen (secondary N) is 3. The Morgan fingerprint density at radius 1 is 0.936 bits per heavy atom. The molecule has 3 amide bonds. The number of piperazine rings is 1. The van der Waals surface area contributed by atoms with Crippen molar-refractivity contribution in [2.45, 2.75) is 75.8 Å². The van der Waals surface area contributed by atoms with E-state index in [0.717, 1.165) is 72.5 Å². The molecular weight excluding hydrogens is 588 g/mol. The van der Waals surface area contributed by atoms with E-state index in [2.05, 4.69) is 62.8 Å². The summed E-state index contributed by atoms with van der Waals surface area (Å²) in [7, 11) is 0. The van der Waals surface area contributed by atoms with Crippen LogP contribution in [0.25, 0.3) is 10.9 Å². The Balaban J connectivity index is 1.12. The van der Waals surface area contributed by atoms with Crippen LogP contribution in [0, 0.1) is 6.92 Å². The number of fused-ring (bicyclic) bond motifs is 1. The molecule has 1 atom stereocenters. The van der Waals surface area contributed by atoms with Gasteiger partial charge in [0.05, 0.1) is 11.0 Å². The van der Waals surface area contributed by atoms with Gasteiger partial charge in [-0.25, -0.2) is 4.98 Å². The number of aromatic amines is 1. The molecule has 9 heteroatoms. The highest BCUT2D eigenvalue weighted by Crippen LogP contribution is 2.40. The lowest BCUT2D eigenvalue weighted by Gasteiger charge is -2.40. The number of anilines is 1. The number of pyridine rings is 1. The highest BCUT2D eigenvalue weighted by atomic mass is 16.2. The Morgan fingerprint density at radius 2 is 1.68 bits per heavy atom. The van der Waals surface area contributed by atoms with Gasteiger partial charge in [-0.1, -0.05) is 67.3 Å². The van der Waals surface area contributed by atoms with Gasteiger partial charge < -0.3 is 25.4 Å². The van der Waals surface area contributed by atoms with Crippen molar-refractivity contribution in [3.63, 3.8) is 0 Å². The predicted octanol–water partition coefficient (Wildman–Crippen LogP) is 5.04. The SMILES string of the molecule is Cc1ccc(C2(C(=O)NC(Cc3c[nH]c4ccccc34)C(=O)N3CCN(c4ncccc4C(=O)NC4CC4)CC3)CCCCC2)cc1. The van der Waals surface area contributed by atoms with Crippen molar-refractivity contribution in [3.05, 3.63) is 95.3 Å². The van der Waals surface area contributed by atoms with Crippen molar-refractivity contribution >= 4 is 34.4 Å². The van der Waals surface area contributed by atoms with E-state index in [-0.39, 0.29) is 23.8 Å². The number of H-pyrrole nitrogens is 1. The van der Waals surface area contributed by atoms with Crippen molar-refractivity contribution in [1.82, 2.24) is 25.5 Å². The second-order valence-electron chi connectivity index (χ2n) is 13.5. The van der Waals surface area contributed by atoms with E-state index in [1.54, 1.807) is 12.3 Å². The van der Waals surface area contributed by atoms with Crippen molar-refractivity contribution < 1.29 is 14.4 Å². The molecule has 2 aromatic carbocycles. The normalized spacial score (nSPS) is 18.5. The van der Waals surface area contributed by atoms with Gasteiger partial charge in [0, 0.05) is 61.9 Å². The van der Waals surface area contributed by atoms with Crippen LogP contribution in [0.5, 0.6) is 0 Å². The van der Waals surface area contributed by atoms with Crippen LogP contribution < -0.4 is 15.5 Å². The van der Waals surface area contributed by atoms with Gasteiger partial charge in [-0.15, -0.1) is 0 Å². The zero-order valence-electron chi connectivity index (χ0n) is 27.1. The zero-order valence-corrected chi connectivity index (χ0v) is 27.1. The molecule has 244 valence electrons. The Morgan fingerprint density at radius 3 is 2.43 bits per heavy atom. The average molecular weight is 633 g/mol. The molecule has 3 aliphatic rings. The first-order valence-corrected chi connectivity index (χ1v) is 17.1. The number of nitrogens with zero attached hydrogens (tertiary/aromatic N) is 3. The van der Waals surface area contributed by atoms with E-state index in [0.29, 0.717) is 44.0 Å². The van der Waals surface area contributed by atoms with Crippen LogP contribution in [0.3, 0.4) is 0 Å². The van der Waals surface area contributed by atoms with Crippen LogP contribution in [0.4, 0.5) is 5.82 Å². The van der Waals surface area contributed by atoms with Gasteiger partial charge >= 0.3 is 0 Å². The van der Waals surface area contributed by atoms with E-state index >= 15 is 0 Å².